The number of carbonyl (C=O) groups excluding carboxylic acids is 1. The maximum absolute atomic E-state index is 12.9. The highest BCUT2D eigenvalue weighted by molar-refractivity contribution is 5.94. The zero-order valence-electron chi connectivity index (χ0n) is 16.0. The maximum atomic E-state index is 12.9. The van der Waals surface area contributed by atoms with E-state index >= 15 is 0 Å². The number of carbonyl (C=O) groups is 1. The van der Waals surface area contributed by atoms with Crippen molar-refractivity contribution in [2.45, 2.75) is 57.4 Å². The first-order chi connectivity index (χ1) is 13.9. The van der Waals surface area contributed by atoms with Crippen LogP contribution in [0.3, 0.4) is 0 Å². The summed E-state index contributed by atoms with van der Waals surface area (Å²) >= 11 is 0. The Morgan fingerprint density at radius 3 is 2.23 bits per heavy atom. The Bertz CT molecular complexity index is 926. The zero-order valence-corrected chi connectivity index (χ0v) is 16.0. The molecule has 1 aromatic heterocycles. The van der Waals surface area contributed by atoms with Crippen molar-refractivity contribution in [3.05, 3.63) is 46.5 Å². The molecule has 0 bridgehead atoms. The molecule has 1 aromatic carbocycles. The lowest BCUT2D eigenvalue weighted by atomic mass is 9.77. The first-order valence-electron chi connectivity index (χ1n) is 9.36. The van der Waals surface area contributed by atoms with Crippen molar-refractivity contribution in [3.8, 4) is 0 Å². The van der Waals surface area contributed by atoms with E-state index < -0.39 is 29.6 Å². The molecule has 164 valence electrons. The van der Waals surface area contributed by atoms with Crippen LogP contribution in [0.2, 0.25) is 0 Å². The number of primary amides is 1. The summed E-state index contributed by atoms with van der Waals surface area (Å²) in [6.45, 7) is 1.73. The number of amides is 1. The van der Waals surface area contributed by atoms with Gasteiger partial charge in [0.25, 0.3) is 5.82 Å². The van der Waals surface area contributed by atoms with Gasteiger partial charge in [0.05, 0.1) is 5.56 Å². The highest BCUT2D eigenvalue weighted by Crippen LogP contribution is 2.39. The molecule has 0 atom stereocenters. The third kappa shape index (κ3) is 4.76. The molecule has 1 heterocycles. The third-order valence-corrected chi connectivity index (χ3v) is 5.47. The van der Waals surface area contributed by atoms with Crippen LogP contribution < -0.4 is 5.73 Å². The quantitative estimate of drug-likeness (QED) is 0.709. The van der Waals surface area contributed by atoms with Gasteiger partial charge in [-0.15, -0.1) is 5.10 Å². The molecule has 30 heavy (non-hydrogen) atoms. The minimum absolute atomic E-state index is 0.0502. The second kappa shape index (κ2) is 7.92. The third-order valence-electron chi connectivity index (χ3n) is 5.47. The summed E-state index contributed by atoms with van der Waals surface area (Å²) in [4.78, 5) is 15.2. The summed E-state index contributed by atoms with van der Waals surface area (Å²) < 4.78 is 78.3. The van der Waals surface area contributed by atoms with Crippen LogP contribution in [0.25, 0.3) is 0 Å². The van der Waals surface area contributed by atoms with E-state index in [4.69, 9.17) is 5.73 Å². The molecule has 1 aliphatic rings. The highest BCUT2D eigenvalue weighted by atomic mass is 19.4. The molecule has 0 unspecified atom stereocenters. The van der Waals surface area contributed by atoms with Gasteiger partial charge in [-0.1, -0.05) is 6.07 Å². The fourth-order valence-electron chi connectivity index (χ4n) is 3.92. The van der Waals surface area contributed by atoms with Crippen molar-refractivity contribution in [1.29, 1.82) is 0 Å². The number of benzene rings is 1. The fourth-order valence-corrected chi connectivity index (χ4v) is 3.92. The Labute approximate surface area is 168 Å². The summed E-state index contributed by atoms with van der Waals surface area (Å²) in [5.41, 5.74) is 4.70. The molecular weight excluding hydrogens is 414 g/mol. The number of nitrogens with two attached hydrogens (primary N) is 1. The second-order valence-electron chi connectivity index (χ2n) is 7.54. The first-order valence-corrected chi connectivity index (χ1v) is 9.36. The zero-order chi connectivity index (χ0) is 22.3. The minimum Gasteiger partial charge on any atom is -0.366 e. The molecule has 2 aromatic rings. The molecule has 3 rings (SSSR count). The average Bonchev–Trinajstić information content (AvgIpc) is 3.02. The summed E-state index contributed by atoms with van der Waals surface area (Å²) in [6, 6.07) is 3.01. The van der Waals surface area contributed by atoms with E-state index in [-0.39, 0.29) is 29.8 Å². The van der Waals surface area contributed by atoms with Crippen LogP contribution in [0.1, 0.15) is 64.7 Å². The van der Waals surface area contributed by atoms with Gasteiger partial charge in [-0.3, -0.25) is 4.79 Å². The van der Waals surface area contributed by atoms with Crippen molar-refractivity contribution in [1.82, 2.24) is 14.8 Å². The van der Waals surface area contributed by atoms with Crippen LogP contribution in [0.4, 0.5) is 26.3 Å². The number of hydrogen-bond donors (Lipinski definition) is 1. The van der Waals surface area contributed by atoms with Crippen molar-refractivity contribution in [2.75, 3.05) is 0 Å². The number of aromatic nitrogens is 3. The molecule has 2 N–H and O–H groups in total. The lowest BCUT2D eigenvalue weighted by Gasteiger charge is -2.30. The Hall–Kier alpha value is -2.59. The number of aryl methyl sites for hydroxylation is 1. The number of alkyl halides is 6. The predicted molar refractivity (Wildman–Crippen MR) is 94.4 cm³/mol. The Balaban J connectivity index is 1.70. The van der Waals surface area contributed by atoms with Gasteiger partial charge in [0.1, 0.15) is 5.82 Å². The maximum Gasteiger partial charge on any atom is 0.453 e. The van der Waals surface area contributed by atoms with Gasteiger partial charge in [-0.2, -0.15) is 26.3 Å². The minimum atomic E-state index is -4.61. The van der Waals surface area contributed by atoms with Crippen LogP contribution in [-0.4, -0.2) is 20.7 Å². The molecule has 1 aliphatic carbocycles. The van der Waals surface area contributed by atoms with E-state index in [1.54, 1.807) is 0 Å². The molecule has 0 spiro atoms. The number of halogens is 6. The van der Waals surface area contributed by atoms with Crippen LogP contribution in [-0.2, 0) is 18.9 Å². The monoisotopic (exact) mass is 434 g/mol. The Kier molecular flexibility index (Phi) is 5.83. The summed E-state index contributed by atoms with van der Waals surface area (Å²) in [5.74, 6) is -2.02. The van der Waals surface area contributed by atoms with Crippen molar-refractivity contribution in [2.24, 2.45) is 11.7 Å². The van der Waals surface area contributed by atoms with Gasteiger partial charge in [0.15, 0.2) is 0 Å². The molecular formula is C19H20F6N4O. The molecule has 1 amide bonds. The van der Waals surface area contributed by atoms with Crippen LogP contribution in [0.15, 0.2) is 18.2 Å². The Morgan fingerprint density at radius 2 is 1.73 bits per heavy atom. The Morgan fingerprint density at radius 1 is 1.10 bits per heavy atom. The SMILES string of the molecule is Cc1nc(C(F)(F)F)nn1C[C@H]1CC[C@H](c2ccc(C(F)(F)F)cc2C(N)=O)CC1. The summed E-state index contributed by atoms with van der Waals surface area (Å²) in [6.07, 6.45) is -6.77. The van der Waals surface area contributed by atoms with Gasteiger partial charge in [-0.05, 0) is 62.1 Å². The van der Waals surface area contributed by atoms with E-state index in [9.17, 15) is 31.1 Å². The molecule has 0 aliphatic heterocycles. The normalized spacial score (nSPS) is 20.4. The lowest BCUT2D eigenvalue weighted by molar-refractivity contribution is -0.145. The van der Waals surface area contributed by atoms with Crippen LogP contribution in [0, 0.1) is 12.8 Å². The molecule has 0 saturated heterocycles. The molecule has 1 saturated carbocycles. The van der Waals surface area contributed by atoms with Gasteiger partial charge < -0.3 is 5.73 Å². The number of hydrogen-bond acceptors (Lipinski definition) is 3. The summed E-state index contributed by atoms with van der Waals surface area (Å²) in [5, 5.41) is 3.54. The van der Waals surface area contributed by atoms with Crippen molar-refractivity contribution >= 4 is 5.91 Å². The molecule has 5 nitrogen and oxygen atoms in total. The number of rotatable bonds is 4. The van der Waals surface area contributed by atoms with Crippen molar-refractivity contribution < 1.29 is 31.1 Å². The largest absolute Gasteiger partial charge is 0.453 e. The van der Waals surface area contributed by atoms with Gasteiger partial charge in [-0.25, -0.2) is 9.67 Å². The second-order valence-corrected chi connectivity index (χ2v) is 7.54. The van der Waals surface area contributed by atoms with Gasteiger partial charge in [0.2, 0.25) is 5.91 Å². The predicted octanol–water partition coefficient (Wildman–Crippen LogP) is 4.70. The highest BCUT2D eigenvalue weighted by Gasteiger charge is 2.37. The van der Waals surface area contributed by atoms with E-state index in [2.05, 4.69) is 10.1 Å². The van der Waals surface area contributed by atoms with Crippen LogP contribution >= 0.6 is 0 Å². The first kappa shape index (κ1) is 22.1. The topological polar surface area (TPSA) is 73.8 Å². The van der Waals surface area contributed by atoms with E-state index in [1.807, 2.05) is 0 Å². The molecule has 0 radical (unpaired) electrons. The smallest absolute Gasteiger partial charge is 0.366 e. The standard InChI is InChI=1S/C19H20F6N4O/c1-10-27-17(19(23,24)25)28-29(10)9-11-2-4-12(5-3-11)14-7-6-13(18(20,21)22)8-15(14)16(26)30/h6-8,11-12H,2-5,9H2,1H3,(H2,26,30)/t11-,12-. The lowest BCUT2D eigenvalue weighted by Crippen LogP contribution is -2.22. The van der Waals surface area contributed by atoms with E-state index in [1.165, 1.54) is 17.7 Å². The van der Waals surface area contributed by atoms with Gasteiger partial charge >= 0.3 is 12.4 Å². The molecule has 11 heteroatoms. The average molecular weight is 434 g/mol. The number of nitrogens with zero attached hydrogens (tertiary/aromatic N) is 3. The molecule has 1 fully saturated rings. The summed E-state index contributed by atoms with van der Waals surface area (Å²) in [7, 11) is 0. The van der Waals surface area contributed by atoms with E-state index in [0.717, 1.165) is 12.1 Å². The fraction of sp³-hybridized carbons (Fsp3) is 0.526. The van der Waals surface area contributed by atoms with E-state index in [0.29, 0.717) is 31.2 Å². The van der Waals surface area contributed by atoms with Gasteiger partial charge in [0, 0.05) is 12.1 Å². The van der Waals surface area contributed by atoms with Crippen molar-refractivity contribution in [3.63, 3.8) is 0 Å². The van der Waals surface area contributed by atoms with Crippen LogP contribution in [0.5, 0.6) is 0 Å².